The largest absolute Gasteiger partial charge is 0.464 e. The maximum atomic E-state index is 12.7. The van der Waals surface area contributed by atoms with E-state index in [1.165, 1.54) is 0 Å². The Morgan fingerprint density at radius 2 is 1.40 bits per heavy atom. The third-order valence-electron chi connectivity index (χ3n) is 4.40. The highest BCUT2D eigenvalue weighted by molar-refractivity contribution is 5.89. The van der Waals surface area contributed by atoms with Crippen LogP contribution in [-0.4, -0.2) is 36.7 Å². The minimum atomic E-state index is -0.851. The number of rotatable bonds is 10. The summed E-state index contributed by atoms with van der Waals surface area (Å²) in [6.45, 7) is 3.78. The Labute approximate surface area is 176 Å². The Balaban J connectivity index is 1.95. The highest BCUT2D eigenvalue weighted by atomic mass is 16.5. The zero-order valence-corrected chi connectivity index (χ0v) is 17.3. The zero-order valence-electron chi connectivity index (χ0n) is 17.3. The van der Waals surface area contributed by atoms with E-state index in [0.717, 1.165) is 11.1 Å². The highest BCUT2D eigenvalue weighted by Crippen LogP contribution is 2.06. The molecule has 160 valence electrons. The molecule has 0 saturated carbocycles. The van der Waals surface area contributed by atoms with Crippen LogP contribution in [-0.2, 0) is 32.1 Å². The van der Waals surface area contributed by atoms with E-state index in [4.69, 9.17) is 9.47 Å². The van der Waals surface area contributed by atoms with Crippen molar-refractivity contribution in [2.45, 2.75) is 45.4 Å². The molecule has 0 aliphatic carbocycles. The van der Waals surface area contributed by atoms with Crippen molar-refractivity contribution < 1.29 is 23.9 Å². The second-order valence-corrected chi connectivity index (χ2v) is 6.67. The molecule has 2 aromatic carbocycles. The predicted octanol–water partition coefficient (Wildman–Crippen LogP) is 2.98. The molecule has 0 aliphatic rings. The smallest absolute Gasteiger partial charge is 0.408 e. The summed E-state index contributed by atoms with van der Waals surface area (Å²) in [5, 5.41) is 5.25. The summed E-state index contributed by atoms with van der Waals surface area (Å²) in [7, 11) is 0. The second-order valence-electron chi connectivity index (χ2n) is 6.67. The lowest BCUT2D eigenvalue weighted by molar-refractivity contribution is -0.147. The lowest BCUT2D eigenvalue weighted by Gasteiger charge is -2.22. The zero-order chi connectivity index (χ0) is 21.8. The fourth-order valence-corrected chi connectivity index (χ4v) is 2.82. The van der Waals surface area contributed by atoms with E-state index in [-0.39, 0.29) is 13.2 Å². The molecule has 0 aliphatic heterocycles. The van der Waals surface area contributed by atoms with Gasteiger partial charge in [0.05, 0.1) is 6.61 Å². The first kappa shape index (κ1) is 22.9. The second kappa shape index (κ2) is 12.3. The molecule has 7 nitrogen and oxygen atoms in total. The number of amides is 2. The van der Waals surface area contributed by atoms with E-state index in [1.807, 2.05) is 60.7 Å². The van der Waals surface area contributed by atoms with E-state index in [0.29, 0.717) is 12.8 Å². The van der Waals surface area contributed by atoms with E-state index in [2.05, 4.69) is 10.6 Å². The van der Waals surface area contributed by atoms with Gasteiger partial charge >= 0.3 is 12.1 Å². The average Bonchev–Trinajstić information content (AvgIpc) is 2.77. The number of benzene rings is 2. The molecule has 0 aromatic heterocycles. The van der Waals surface area contributed by atoms with E-state index in [9.17, 15) is 14.4 Å². The van der Waals surface area contributed by atoms with Crippen molar-refractivity contribution >= 4 is 18.0 Å². The molecule has 2 aromatic rings. The van der Waals surface area contributed by atoms with Gasteiger partial charge in [0, 0.05) is 6.42 Å². The first-order chi connectivity index (χ1) is 14.5. The van der Waals surface area contributed by atoms with Crippen molar-refractivity contribution in [3.05, 3.63) is 71.8 Å². The van der Waals surface area contributed by atoms with Gasteiger partial charge in [-0.1, -0.05) is 67.6 Å². The molecule has 0 fully saturated rings. The number of carbonyl (C=O) groups excluding carboxylic acids is 3. The summed E-state index contributed by atoms with van der Waals surface area (Å²) < 4.78 is 10.3. The van der Waals surface area contributed by atoms with Crippen LogP contribution in [0.4, 0.5) is 4.79 Å². The Bertz CT molecular complexity index is 811. The average molecular weight is 412 g/mol. The topological polar surface area (TPSA) is 93.7 Å². The predicted molar refractivity (Wildman–Crippen MR) is 113 cm³/mol. The fourth-order valence-electron chi connectivity index (χ4n) is 2.82. The van der Waals surface area contributed by atoms with Gasteiger partial charge in [0.15, 0.2) is 0 Å². The SMILES string of the molecule is CCOC(=O)[C@H](Cc1ccccc1)NC(=O)[C@H](CC)NC(=O)OCc1ccccc1. The molecule has 0 saturated heterocycles. The maximum Gasteiger partial charge on any atom is 0.408 e. The normalized spacial score (nSPS) is 12.3. The molecule has 0 radical (unpaired) electrons. The van der Waals surface area contributed by atoms with Gasteiger partial charge in [-0.25, -0.2) is 9.59 Å². The molecule has 0 spiro atoms. The third-order valence-corrected chi connectivity index (χ3v) is 4.40. The van der Waals surface area contributed by atoms with Gasteiger partial charge in [0.2, 0.25) is 5.91 Å². The molecule has 30 heavy (non-hydrogen) atoms. The van der Waals surface area contributed by atoms with Crippen LogP contribution >= 0.6 is 0 Å². The van der Waals surface area contributed by atoms with Gasteiger partial charge in [-0.15, -0.1) is 0 Å². The van der Waals surface area contributed by atoms with Gasteiger partial charge in [-0.2, -0.15) is 0 Å². The summed E-state index contributed by atoms with van der Waals surface area (Å²) in [5.74, 6) is -0.987. The lowest BCUT2D eigenvalue weighted by atomic mass is 10.1. The van der Waals surface area contributed by atoms with Crippen LogP contribution in [0.1, 0.15) is 31.4 Å². The molecule has 7 heteroatoms. The molecule has 0 bridgehead atoms. The molecule has 2 rings (SSSR count). The highest BCUT2D eigenvalue weighted by Gasteiger charge is 2.27. The van der Waals surface area contributed by atoms with Gasteiger partial charge in [-0.3, -0.25) is 4.79 Å². The van der Waals surface area contributed by atoms with Gasteiger partial charge in [-0.05, 0) is 24.5 Å². The van der Waals surface area contributed by atoms with Crippen molar-refractivity contribution in [3.8, 4) is 0 Å². The summed E-state index contributed by atoms with van der Waals surface area (Å²) in [6, 6.07) is 16.9. The monoisotopic (exact) mass is 412 g/mol. The third kappa shape index (κ3) is 7.58. The summed E-state index contributed by atoms with van der Waals surface area (Å²) in [4.78, 5) is 37.1. The minimum absolute atomic E-state index is 0.101. The van der Waals surface area contributed by atoms with Gasteiger partial charge in [0.1, 0.15) is 18.7 Å². The Morgan fingerprint density at radius 3 is 1.97 bits per heavy atom. The number of esters is 1. The van der Waals surface area contributed by atoms with Crippen LogP contribution in [0.15, 0.2) is 60.7 Å². The molecular formula is C23H28N2O5. The van der Waals surface area contributed by atoms with Crippen LogP contribution in [0.2, 0.25) is 0 Å². The van der Waals surface area contributed by atoms with Crippen molar-refractivity contribution in [1.29, 1.82) is 0 Å². The maximum absolute atomic E-state index is 12.7. The first-order valence-corrected chi connectivity index (χ1v) is 10.0. The number of alkyl carbamates (subject to hydrolysis) is 1. The van der Waals surface area contributed by atoms with Crippen LogP contribution in [0.5, 0.6) is 0 Å². The first-order valence-electron chi connectivity index (χ1n) is 10.0. The Kier molecular flexibility index (Phi) is 9.37. The number of hydrogen-bond acceptors (Lipinski definition) is 5. The van der Waals surface area contributed by atoms with Crippen molar-refractivity contribution in [3.63, 3.8) is 0 Å². The van der Waals surface area contributed by atoms with Crippen molar-refractivity contribution in [2.24, 2.45) is 0 Å². The standard InChI is InChI=1S/C23H28N2O5/c1-3-19(25-23(28)30-16-18-13-9-6-10-14-18)21(26)24-20(22(27)29-4-2)15-17-11-7-5-8-12-17/h5-14,19-20H,3-4,15-16H2,1-2H3,(H,24,26)(H,25,28)/t19-,20-/m0/s1. The molecule has 2 N–H and O–H groups in total. The number of ether oxygens (including phenoxy) is 2. The number of nitrogens with one attached hydrogen (secondary N) is 2. The van der Waals surface area contributed by atoms with Gasteiger partial charge < -0.3 is 20.1 Å². The number of carbonyl (C=O) groups is 3. The Hall–Kier alpha value is -3.35. The summed E-state index contributed by atoms with van der Waals surface area (Å²) >= 11 is 0. The van der Waals surface area contributed by atoms with E-state index < -0.39 is 30.1 Å². The van der Waals surface area contributed by atoms with Crippen LogP contribution in [0, 0.1) is 0 Å². The summed E-state index contributed by atoms with van der Waals surface area (Å²) in [5.41, 5.74) is 1.73. The van der Waals surface area contributed by atoms with E-state index >= 15 is 0 Å². The van der Waals surface area contributed by atoms with Gasteiger partial charge in [0.25, 0.3) is 0 Å². The summed E-state index contributed by atoms with van der Waals surface area (Å²) in [6.07, 6.45) is -0.0652. The minimum Gasteiger partial charge on any atom is -0.464 e. The van der Waals surface area contributed by atoms with Crippen molar-refractivity contribution in [1.82, 2.24) is 10.6 Å². The van der Waals surface area contributed by atoms with Crippen molar-refractivity contribution in [2.75, 3.05) is 6.61 Å². The lowest BCUT2D eigenvalue weighted by Crippen LogP contribution is -2.52. The molecule has 2 atom stereocenters. The fraction of sp³-hybridized carbons (Fsp3) is 0.348. The van der Waals surface area contributed by atoms with Crippen LogP contribution in [0.25, 0.3) is 0 Å². The quantitative estimate of drug-likeness (QED) is 0.585. The number of hydrogen-bond donors (Lipinski definition) is 2. The molecule has 0 heterocycles. The van der Waals surface area contributed by atoms with E-state index in [1.54, 1.807) is 13.8 Å². The van der Waals surface area contributed by atoms with Crippen LogP contribution in [0.3, 0.4) is 0 Å². The molecule has 2 amide bonds. The molecular weight excluding hydrogens is 384 g/mol. The Morgan fingerprint density at radius 1 is 0.800 bits per heavy atom. The molecule has 0 unspecified atom stereocenters. The van der Waals surface area contributed by atoms with Crippen LogP contribution < -0.4 is 10.6 Å².